The number of nitrogens with two attached hydrogens (primary N) is 1. The first-order valence-electron chi connectivity index (χ1n) is 8.69. The standard InChI is InChI=1S/C18H19NO5.C2HF3O2/c19-16(17(20)22-11-14-7-3-1-4-8-14)13-24-18(21)23-12-15-9-5-2-6-10-15;3-2(4,5)1(6)7/h1-10,16H,11-13,19H2;(H,6,7)/t16-;/m0./s1. The number of halogens is 3. The van der Waals surface area contributed by atoms with Crippen LogP contribution < -0.4 is 5.73 Å². The van der Waals surface area contributed by atoms with Crippen molar-refractivity contribution in [1.82, 2.24) is 0 Å². The van der Waals surface area contributed by atoms with E-state index in [0.717, 1.165) is 11.1 Å². The van der Waals surface area contributed by atoms with E-state index in [1.807, 2.05) is 60.7 Å². The molecule has 0 aliphatic heterocycles. The van der Waals surface area contributed by atoms with Gasteiger partial charge >= 0.3 is 24.3 Å². The van der Waals surface area contributed by atoms with Crippen molar-refractivity contribution in [3.63, 3.8) is 0 Å². The molecular formula is C20H20F3NO7. The molecule has 0 saturated heterocycles. The molecule has 0 spiro atoms. The number of hydrogen-bond acceptors (Lipinski definition) is 7. The Morgan fingerprint density at radius 1 is 0.839 bits per heavy atom. The van der Waals surface area contributed by atoms with Gasteiger partial charge in [0.2, 0.25) is 0 Å². The molecule has 2 aromatic carbocycles. The summed E-state index contributed by atoms with van der Waals surface area (Å²) in [5.74, 6) is -3.40. The van der Waals surface area contributed by atoms with Crippen molar-refractivity contribution in [3.8, 4) is 0 Å². The Morgan fingerprint density at radius 2 is 1.26 bits per heavy atom. The van der Waals surface area contributed by atoms with Gasteiger partial charge in [-0.2, -0.15) is 13.2 Å². The molecule has 0 fully saturated rings. The minimum Gasteiger partial charge on any atom is -0.475 e. The Bertz CT molecular complexity index is 830. The smallest absolute Gasteiger partial charge is 0.475 e. The normalized spacial score (nSPS) is 11.4. The maximum absolute atomic E-state index is 11.7. The number of benzene rings is 2. The van der Waals surface area contributed by atoms with Crippen LogP contribution in [-0.4, -0.2) is 42.0 Å². The first-order chi connectivity index (χ1) is 14.6. The Morgan fingerprint density at radius 3 is 1.68 bits per heavy atom. The van der Waals surface area contributed by atoms with Crippen molar-refractivity contribution in [2.45, 2.75) is 25.4 Å². The van der Waals surface area contributed by atoms with Crippen molar-refractivity contribution in [3.05, 3.63) is 71.8 Å². The van der Waals surface area contributed by atoms with Gasteiger partial charge in [-0.05, 0) is 11.1 Å². The zero-order valence-corrected chi connectivity index (χ0v) is 16.1. The molecule has 168 valence electrons. The quantitative estimate of drug-likeness (QED) is 0.626. The van der Waals surface area contributed by atoms with Crippen LogP contribution in [0.15, 0.2) is 60.7 Å². The number of ether oxygens (including phenoxy) is 3. The Labute approximate surface area is 175 Å². The number of carbonyl (C=O) groups excluding carboxylic acids is 2. The lowest BCUT2D eigenvalue weighted by molar-refractivity contribution is -0.192. The van der Waals surface area contributed by atoms with E-state index in [2.05, 4.69) is 0 Å². The second kappa shape index (κ2) is 12.9. The van der Waals surface area contributed by atoms with Gasteiger partial charge in [0.1, 0.15) is 25.9 Å². The third kappa shape index (κ3) is 11.2. The van der Waals surface area contributed by atoms with Crippen LogP contribution in [0.5, 0.6) is 0 Å². The largest absolute Gasteiger partial charge is 0.508 e. The Kier molecular flexibility index (Phi) is 10.5. The average Bonchev–Trinajstić information content (AvgIpc) is 2.75. The van der Waals surface area contributed by atoms with Crippen LogP contribution in [0.2, 0.25) is 0 Å². The van der Waals surface area contributed by atoms with E-state index >= 15 is 0 Å². The predicted octanol–water partition coefficient (Wildman–Crippen LogP) is 3.04. The fraction of sp³-hybridized carbons (Fsp3) is 0.250. The molecule has 0 radical (unpaired) electrons. The van der Waals surface area contributed by atoms with E-state index in [0.29, 0.717) is 0 Å². The summed E-state index contributed by atoms with van der Waals surface area (Å²) in [6, 6.07) is 17.3. The van der Waals surface area contributed by atoms with Gasteiger partial charge in [0, 0.05) is 0 Å². The Balaban J connectivity index is 0.000000592. The molecular weight excluding hydrogens is 423 g/mol. The van der Waals surface area contributed by atoms with Crippen LogP contribution in [0.4, 0.5) is 18.0 Å². The summed E-state index contributed by atoms with van der Waals surface area (Å²) in [7, 11) is 0. The topological polar surface area (TPSA) is 125 Å². The predicted molar refractivity (Wildman–Crippen MR) is 100 cm³/mol. The maximum Gasteiger partial charge on any atom is 0.508 e. The van der Waals surface area contributed by atoms with E-state index in [1.54, 1.807) is 0 Å². The molecule has 0 bridgehead atoms. The minimum absolute atomic E-state index is 0.0906. The highest BCUT2D eigenvalue weighted by Gasteiger charge is 2.38. The van der Waals surface area contributed by atoms with Gasteiger partial charge in [0.25, 0.3) is 0 Å². The highest BCUT2D eigenvalue weighted by molar-refractivity contribution is 5.76. The number of esters is 1. The van der Waals surface area contributed by atoms with Gasteiger partial charge in [0.05, 0.1) is 0 Å². The van der Waals surface area contributed by atoms with Gasteiger partial charge in [-0.15, -0.1) is 0 Å². The second-order valence-electron chi connectivity index (χ2n) is 5.84. The zero-order chi connectivity index (χ0) is 23.3. The summed E-state index contributed by atoms with van der Waals surface area (Å²) >= 11 is 0. The minimum atomic E-state index is -5.08. The summed E-state index contributed by atoms with van der Waals surface area (Å²) in [5.41, 5.74) is 7.31. The molecule has 8 nitrogen and oxygen atoms in total. The molecule has 0 aromatic heterocycles. The van der Waals surface area contributed by atoms with Gasteiger partial charge < -0.3 is 25.1 Å². The molecule has 2 aromatic rings. The lowest BCUT2D eigenvalue weighted by Crippen LogP contribution is -2.37. The highest BCUT2D eigenvalue weighted by atomic mass is 19.4. The number of carboxylic acid groups (broad SMARTS) is 1. The number of carboxylic acids is 1. The first kappa shape index (κ1) is 25.4. The van der Waals surface area contributed by atoms with Crippen LogP contribution in [0.1, 0.15) is 11.1 Å². The van der Waals surface area contributed by atoms with Crippen molar-refractivity contribution < 1.29 is 46.9 Å². The van der Waals surface area contributed by atoms with Crippen molar-refractivity contribution >= 4 is 18.1 Å². The summed E-state index contributed by atoms with van der Waals surface area (Å²) < 4.78 is 46.5. The summed E-state index contributed by atoms with van der Waals surface area (Å²) in [4.78, 5) is 32.1. The third-order valence-corrected chi connectivity index (χ3v) is 3.35. The molecule has 2 rings (SSSR count). The van der Waals surface area contributed by atoms with E-state index < -0.39 is 30.3 Å². The van der Waals surface area contributed by atoms with Crippen LogP contribution in [0.25, 0.3) is 0 Å². The number of aliphatic carboxylic acids is 1. The lowest BCUT2D eigenvalue weighted by Gasteiger charge is -2.12. The molecule has 0 amide bonds. The van der Waals surface area contributed by atoms with Gasteiger partial charge in [0.15, 0.2) is 0 Å². The lowest BCUT2D eigenvalue weighted by atomic mass is 10.2. The molecule has 31 heavy (non-hydrogen) atoms. The molecule has 1 atom stereocenters. The van der Waals surface area contributed by atoms with Crippen molar-refractivity contribution in [2.75, 3.05) is 6.61 Å². The number of carbonyl (C=O) groups is 3. The third-order valence-electron chi connectivity index (χ3n) is 3.35. The van der Waals surface area contributed by atoms with E-state index in [1.165, 1.54) is 0 Å². The second-order valence-corrected chi connectivity index (χ2v) is 5.84. The van der Waals surface area contributed by atoms with E-state index in [-0.39, 0.29) is 19.8 Å². The van der Waals surface area contributed by atoms with Gasteiger partial charge in [-0.25, -0.2) is 9.59 Å². The number of rotatable bonds is 7. The summed E-state index contributed by atoms with van der Waals surface area (Å²) in [6.07, 6.45) is -5.97. The van der Waals surface area contributed by atoms with E-state index in [4.69, 9.17) is 29.8 Å². The molecule has 0 saturated carbocycles. The van der Waals surface area contributed by atoms with E-state index in [9.17, 15) is 22.8 Å². The fourth-order valence-corrected chi connectivity index (χ4v) is 1.82. The van der Waals surface area contributed by atoms with Gasteiger partial charge in [-0.1, -0.05) is 60.7 Å². The average molecular weight is 443 g/mol. The Hall–Kier alpha value is -3.60. The zero-order valence-electron chi connectivity index (χ0n) is 16.1. The number of alkyl halides is 3. The molecule has 3 N–H and O–H groups in total. The molecule has 0 aliphatic rings. The van der Waals surface area contributed by atoms with Crippen molar-refractivity contribution in [1.29, 1.82) is 0 Å². The number of hydrogen-bond donors (Lipinski definition) is 2. The van der Waals surface area contributed by atoms with Crippen LogP contribution in [0.3, 0.4) is 0 Å². The maximum atomic E-state index is 11.7. The summed E-state index contributed by atoms with van der Waals surface area (Å²) in [6.45, 7) is -0.0968. The van der Waals surface area contributed by atoms with Crippen LogP contribution in [0, 0.1) is 0 Å². The van der Waals surface area contributed by atoms with Gasteiger partial charge in [-0.3, -0.25) is 4.79 Å². The molecule has 0 aliphatic carbocycles. The molecule has 0 unspecified atom stereocenters. The van der Waals surface area contributed by atoms with Crippen LogP contribution >= 0.6 is 0 Å². The highest BCUT2D eigenvalue weighted by Crippen LogP contribution is 2.13. The van der Waals surface area contributed by atoms with Crippen molar-refractivity contribution in [2.24, 2.45) is 5.73 Å². The first-order valence-corrected chi connectivity index (χ1v) is 8.69. The monoisotopic (exact) mass is 443 g/mol. The SMILES string of the molecule is N[C@@H](COC(=O)OCc1ccccc1)C(=O)OCc1ccccc1.O=C(O)C(F)(F)F. The van der Waals surface area contributed by atoms with Crippen LogP contribution in [-0.2, 0) is 37.0 Å². The summed E-state index contributed by atoms with van der Waals surface area (Å²) in [5, 5.41) is 7.12. The molecule has 11 heteroatoms. The molecule has 0 heterocycles. The fourth-order valence-electron chi connectivity index (χ4n) is 1.82.